The second-order valence-corrected chi connectivity index (χ2v) is 3.31. The number of methoxy groups -OCH3 is 1. The summed E-state index contributed by atoms with van der Waals surface area (Å²) in [5, 5.41) is 0. The van der Waals surface area contributed by atoms with Crippen molar-refractivity contribution in [3.8, 4) is 5.75 Å². The van der Waals surface area contributed by atoms with Crippen molar-refractivity contribution in [3.63, 3.8) is 0 Å². The Labute approximate surface area is 89.6 Å². The van der Waals surface area contributed by atoms with Crippen molar-refractivity contribution in [2.45, 2.75) is 0 Å². The number of hydrogen-bond donors (Lipinski definition) is 0. The van der Waals surface area contributed by atoms with Crippen LogP contribution in [-0.2, 0) is 0 Å². The second-order valence-electron chi connectivity index (χ2n) is 2.63. The molecule has 1 rings (SSSR count). The van der Waals surface area contributed by atoms with E-state index in [-0.39, 0.29) is 4.82 Å². The van der Waals surface area contributed by atoms with Gasteiger partial charge in [0.1, 0.15) is 11.6 Å². The van der Waals surface area contributed by atoms with E-state index in [1.807, 2.05) is 0 Å². The van der Waals surface area contributed by atoms with E-state index in [2.05, 4.69) is 15.9 Å². The van der Waals surface area contributed by atoms with Crippen LogP contribution in [-0.4, -0.2) is 19.0 Å². The summed E-state index contributed by atoms with van der Waals surface area (Å²) < 4.78 is 17.9. The smallest absolute Gasteiger partial charge is 0.293 e. The van der Waals surface area contributed by atoms with Crippen LogP contribution in [0.15, 0.2) is 18.2 Å². The maximum Gasteiger partial charge on any atom is 0.293 e. The maximum atomic E-state index is 12.9. The lowest BCUT2D eigenvalue weighted by Gasteiger charge is -2.16. The number of halogens is 2. The van der Waals surface area contributed by atoms with E-state index in [0.29, 0.717) is 11.4 Å². The molecule has 1 aromatic carbocycles. The number of anilines is 1. The lowest BCUT2D eigenvalue weighted by Crippen LogP contribution is -2.19. The Kier molecular flexibility index (Phi) is 3.46. The van der Waals surface area contributed by atoms with Gasteiger partial charge in [-0.25, -0.2) is 4.39 Å². The summed E-state index contributed by atoms with van der Waals surface area (Å²) in [6.45, 7) is 0. The summed E-state index contributed by atoms with van der Waals surface area (Å²) >= 11 is 2.77. The monoisotopic (exact) mass is 261 g/mol. The lowest BCUT2D eigenvalue weighted by molar-refractivity contribution is 0.266. The molecule has 76 valence electrons. The minimum atomic E-state index is -0.415. The predicted octanol–water partition coefficient (Wildman–Crippen LogP) is 2.79. The van der Waals surface area contributed by atoms with Crippen LogP contribution in [0.25, 0.3) is 0 Å². The van der Waals surface area contributed by atoms with Crippen molar-refractivity contribution in [1.82, 2.24) is 0 Å². The summed E-state index contributed by atoms with van der Waals surface area (Å²) in [5.41, 5.74) is 0.384. The van der Waals surface area contributed by atoms with Gasteiger partial charge < -0.3 is 9.64 Å². The molecule has 0 spiro atoms. The van der Waals surface area contributed by atoms with Crippen molar-refractivity contribution in [1.29, 1.82) is 0 Å². The van der Waals surface area contributed by atoms with Crippen LogP contribution in [0, 0.1) is 5.82 Å². The van der Waals surface area contributed by atoms with Crippen LogP contribution in [0.5, 0.6) is 5.75 Å². The zero-order chi connectivity index (χ0) is 10.7. The zero-order valence-corrected chi connectivity index (χ0v) is 9.34. The molecule has 0 saturated heterocycles. The molecule has 5 heteroatoms. The summed E-state index contributed by atoms with van der Waals surface area (Å²) in [6.07, 6.45) is 0. The van der Waals surface area contributed by atoms with Crippen LogP contribution in [0.1, 0.15) is 0 Å². The van der Waals surface area contributed by atoms with Gasteiger partial charge in [-0.1, -0.05) is 0 Å². The van der Waals surface area contributed by atoms with E-state index < -0.39 is 5.82 Å². The van der Waals surface area contributed by atoms with Crippen LogP contribution in [0.3, 0.4) is 0 Å². The molecule has 0 heterocycles. The van der Waals surface area contributed by atoms with Gasteiger partial charge in [-0.05, 0) is 12.1 Å². The molecule has 0 N–H and O–H groups in total. The highest BCUT2D eigenvalue weighted by Crippen LogP contribution is 2.28. The first-order valence-corrected chi connectivity index (χ1v) is 4.62. The average molecular weight is 262 g/mol. The molecular weight excluding hydrogens is 253 g/mol. The van der Waals surface area contributed by atoms with E-state index in [0.717, 1.165) is 0 Å². The first kappa shape index (κ1) is 11.0. The molecule has 1 amide bonds. The van der Waals surface area contributed by atoms with Gasteiger partial charge in [-0.2, -0.15) is 0 Å². The van der Waals surface area contributed by atoms with Crippen LogP contribution < -0.4 is 9.64 Å². The quantitative estimate of drug-likeness (QED) is 0.605. The van der Waals surface area contributed by atoms with E-state index >= 15 is 0 Å². The highest BCUT2D eigenvalue weighted by Gasteiger charge is 2.13. The summed E-state index contributed by atoms with van der Waals surface area (Å²) in [4.78, 5) is 11.9. The first-order valence-electron chi connectivity index (χ1n) is 3.83. The second kappa shape index (κ2) is 4.41. The predicted molar refractivity (Wildman–Crippen MR) is 55.7 cm³/mol. The first-order chi connectivity index (χ1) is 6.56. The number of ether oxygens (including phenoxy) is 1. The molecule has 0 fully saturated rings. The number of carbonyl (C=O) groups excluding carboxylic acids is 1. The fourth-order valence-corrected chi connectivity index (χ4v) is 1.21. The topological polar surface area (TPSA) is 29.5 Å². The molecule has 14 heavy (non-hydrogen) atoms. The normalized spacial score (nSPS) is 9.71. The average Bonchev–Trinajstić information content (AvgIpc) is 2.16. The van der Waals surface area contributed by atoms with E-state index in [4.69, 9.17) is 4.74 Å². The van der Waals surface area contributed by atoms with Crippen molar-refractivity contribution >= 4 is 26.4 Å². The number of benzene rings is 1. The molecule has 3 nitrogen and oxygen atoms in total. The molecule has 0 atom stereocenters. The summed E-state index contributed by atoms with van der Waals surface area (Å²) in [7, 11) is 2.98. The number of nitrogens with zero attached hydrogens (tertiary/aromatic N) is 1. The van der Waals surface area contributed by atoms with Crippen LogP contribution in [0.4, 0.5) is 14.9 Å². The third kappa shape index (κ3) is 2.23. The van der Waals surface area contributed by atoms with Crippen LogP contribution >= 0.6 is 15.9 Å². The molecule has 0 aromatic heterocycles. The standard InChI is InChI=1S/C9H9BrFNO2/c1-12(9(10)13)7-5-6(11)3-4-8(7)14-2/h3-5H,1-2H3. The van der Waals surface area contributed by atoms with Gasteiger partial charge in [0.15, 0.2) is 0 Å². The Bertz CT molecular complexity index is 357. The molecule has 0 aliphatic rings. The molecule has 1 aromatic rings. The molecule has 0 bridgehead atoms. The Balaban J connectivity index is 3.16. The lowest BCUT2D eigenvalue weighted by atomic mass is 10.2. The van der Waals surface area contributed by atoms with Gasteiger partial charge in [0.2, 0.25) is 0 Å². The Morgan fingerprint density at radius 2 is 2.21 bits per heavy atom. The molecule has 0 unspecified atom stereocenters. The van der Waals surface area contributed by atoms with Crippen molar-refractivity contribution in [2.24, 2.45) is 0 Å². The molecule has 0 aliphatic carbocycles. The Morgan fingerprint density at radius 3 is 2.71 bits per heavy atom. The van der Waals surface area contributed by atoms with E-state index in [1.54, 1.807) is 0 Å². The fourth-order valence-electron chi connectivity index (χ4n) is 1.02. The summed E-state index contributed by atoms with van der Waals surface area (Å²) in [5.74, 6) is 0.0306. The number of amides is 1. The van der Waals surface area contributed by atoms with Gasteiger partial charge in [-0.15, -0.1) is 0 Å². The molecule has 0 aliphatic heterocycles. The third-order valence-corrected chi connectivity index (χ3v) is 2.30. The van der Waals surface area contributed by atoms with Gasteiger partial charge in [0.25, 0.3) is 4.82 Å². The Morgan fingerprint density at radius 1 is 1.57 bits per heavy atom. The largest absolute Gasteiger partial charge is 0.495 e. The van der Waals surface area contributed by atoms with Gasteiger partial charge >= 0.3 is 0 Å². The highest BCUT2D eigenvalue weighted by atomic mass is 79.9. The van der Waals surface area contributed by atoms with E-state index in [9.17, 15) is 9.18 Å². The van der Waals surface area contributed by atoms with Gasteiger partial charge in [0, 0.05) is 29.0 Å². The molecule has 0 radical (unpaired) electrons. The van der Waals surface area contributed by atoms with Gasteiger partial charge in [-0.3, -0.25) is 4.79 Å². The van der Waals surface area contributed by atoms with Crippen molar-refractivity contribution in [2.75, 3.05) is 19.1 Å². The van der Waals surface area contributed by atoms with E-state index in [1.165, 1.54) is 37.3 Å². The van der Waals surface area contributed by atoms with Gasteiger partial charge in [0.05, 0.1) is 12.8 Å². The highest BCUT2D eigenvalue weighted by molar-refractivity contribution is 9.18. The molecular formula is C9H9BrFNO2. The van der Waals surface area contributed by atoms with Crippen molar-refractivity contribution < 1.29 is 13.9 Å². The minimum Gasteiger partial charge on any atom is -0.495 e. The number of carbonyl (C=O) groups is 1. The maximum absolute atomic E-state index is 12.9. The Hall–Kier alpha value is -1.10. The number of hydrogen-bond acceptors (Lipinski definition) is 2. The van der Waals surface area contributed by atoms with Crippen molar-refractivity contribution in [3.05, 3.63) is 24.0 Å². The zero-order valence-electron chi connectivity index (χ0n) is 7.75. The SMILES string of the molecule is COc1ccc(F)cc1N(C)C(=O)Br. The minimum absolute atomic E-state index is 0.360. The fraction of sp³-hybridized carbons (Fsp3) is 0.222. The number of rotatable bonds is 2. The summed E-state index contributed by atoms with van der Waals surface area (Å²) in [6, 6.07) is 3.98. The molecule has 0 saturated carbocycles. The third-order valence-electron chi connectivity index (χ3n) is 1.77. The van der Waals surface area contributed by atoms with Crippen LogP contribution in [0.2, 0.25) is 0 Å².